The molecule has 1 saturated heterocycles. The minimum Gasteiger partial charge on any atom is -0.492 e. The monoisotopic (exact) mass is 333 g/mol. The van der Waals surface area contributed by atoms with Crippen molar-refractivity contribution in [3.05, 3.63) is 29.8 Å². The third-order valence-corrected chi connectivity index (χ3v) is 4.94. The van der Waals surface area contributed by atoms with Crippen LogP contribution in [0.4, 0.5) is 0 Å². The summed E-state index contributed by atoms with van der Waals surface area (Å²) in [6, 6.07) is 7.90. The fraction of sp³-hybridized carbons (Fsp3) is 0.632. The van der Waals surface area contributed by atoms with Crippen molar-refractivity contribution in [3.63, 3.8) is 0 Å². The number of benzene rings is 1. The number of hydrogen-bond acceptors (Lipinski definition) is 4. The first kappa shape index (κ1) is 18.7. The summed E-state index contributed by atoms with van der Waals surface area (Å²) < 4.78 is 5.84. The maximum atomic E-state index is 12.6. The Hall–Kier alpha value is -1.59. The molecule has 0 aliphatic carbocycles. The van der Waals surface area contributed by atoms with Gasteiger partial charge in [0, 0.05) is 32.7 Å². The quantitative estimate of drug-likeness (QED) is 0.763. The normalized spacial score (nSPS) is 17.1. The van der Waals surface area contributed by atoms with E-state index in [1.54, 1.807) is 0 Å². The van der Waals surface area contributed by atoms with Crippen LogP contribution in [0.3, 0.4) is 0 Å². The maximum Gasteiger partial charge on any atom is 0.239 e. The molecule has 0 radical (unpaired) electrons. The molecule has 1 aromatic carbocycles. The molecule has 0 N–H and O–H groups in total. The smallest absolute Gasteiger partial charge is 0.239 e. The van der Waals surface area contributed by atoms with E-state index < -0.39 is 0 Å². The number of carbonyl (C=O) groups is 1. The molecule has 1 amide bonds. The van der Waals surface area contributed by atoms with Gasteiger partial charge in [-0.2, -0.15) is 0 Å². The first-order valence-electron chi connectivity index (χ1n) is 8.92. The maximum absolute atomic E-state index is 12.6. The second-order valence-electron chi connectivity index (χ2n) is 6.53. The summed E-state index contributed by atoms with van der Waals surface area (Å²) in [6.07, 6.45) is 0. The van der Waals surface area contributed by atoms with E-state index >= 15 is 0 Å². The highest BCUT2D eigenvalue weighted by molar-refractivity contribution is 5.81. The van der Waals surface area contributed by atoms with Gasteiger partial charge >= 0.3 is 0 Å². The van der Waals surface area contributed by atoms with Crippen LogP contribution in [0.5, 0.6) is 5.75 Å². The molecular weight excluding hydrogens is 302 g/mol. The number of carbonyl (C=O) groups excluding carboxylic acids is 1. The summed E-state index contributed by atoms with van der Waals surface area (Å²) >= 11 is 0. The van der Waals surface area contributed by atoms with E-state index in [0.29, 0.717) is 6.61 Å². The molecule has 1 aliphatic heterocycles. The summed E-state index contributed by atoms with van der Waals surface area (Å²) in [7, 11) is 1.99. The van der Waals surface area contributed by atoms with Gasteiger partial charge in [-0.3, -0.25) is 9.69 Å². The van der Waals surface area contributed by atoms with E-state index in [1.807, 2.05) is 50.1 Å². The van der Waals surface area contributed by atoms with Crippen LogP contribution in [0.1, 0.15) is 19.4 Å². The Morgan fingerprint density at radius 2 is 1.92 bits per heavy atom. The van der Waals surface area contributed by atoms with E-state index in [-0.39, 0.29) is 11.9 Å². The van der Waals surface area contributed by atoms with E-state index in [2.05, 4.69) is 16.7 Å². The minimum absolute atomic E-state index is 0.112. The van der Waals surface area contributed by atoms with Gasteiger partial charge in [0.2, 0.25) is 5.91 Å². The highest BCUT2D eigenvalue weighted by atomic mass is 16.5. The van der Waals surface area contributed by atoms with Gasteiger partial charge in [0.1, 0.15) is 12.4 Å². The molecule has 0 bridgehead atoms. The average Bonchev–Trinajstić information content (AvgIpc) is 2.62. The number of hydrogen-bond donors (Lipinski definition) is 0. The lowest BCUT2D eigenvalue weighted by Gasteiger charge is -2.37. The Balaban J connectivity index is 1.76. The number of ether oxygens (including phenoxy) is 1. The lowest BCUT2D eigenvalue weighted by molar-refractivity contribution is -0.137. The van der Waals surface area contributed by atoms with Crippen LogP contribution in [0.15, 0.2) is 24.3 Å². The molecule has 1 unspecified atom stereocenters. The highest BCUT2D eigenvalue weighted by Crippen LogP contribution is 2.16. The Labute approximate surface area is 146 Å². The molecule has 24 heavy (non-hydrogen) atoms. The largest absolute Gasteiger partial charge is 0.492 e. The predicted molar refractivity (Wildman–Crippen MR) is 97.5 cm³/mol. The van der Waals surface area contributed by atoms with E-state index in [4.69, 9.17) is 4.74 Å². The topological polar surface area (TPSA) is 36.0 Å². The number of nitrogens with zero attached hydrogens (tertiary/aromatic N) is 3. The molecule has 2 rings (SSSR count). The number of aryl methyl sites for hydroxylation is 1. The lowest BCUT2D eigenvalue weighted by atomic mass is 10.2. The van der Waals surface area contributed by atoms with Gasteiger partial charge in [0.25, 0.3) is 0 Å². The van der Waals surface area contributed by atoms with Crippen molar-refractivity contribution in [2.45, 2.75) is 26.8 Å². The molecule has 5 nitrogen and oxygen atoms in total. The van der Waals surface area contributed by atoms with Crippen LogP contribution in [0.25, 0.3) is 0 Å². The summed E-state index contributed by atoms with van der Waals surface area (Å²) in [5.74, 6) is 1.14. The Kier molecular flexibility index (Phi) is 7.06. The SMILES string of the molecule is CCN1CCN(C(=O)C(C)N(C)CCOc2ccccc2C)CC1. The molecule has 5 heteroatoms. The molecule has 0 spiro atoms. The van der Waals surface area contributed by atoms with Crippen molar-refractivity contribution >= 4 is 5.91 Å². The molecule has 1 aliphatic rings. The predicted octanol–water partition coefficient (Wildman–Crippen LogP) is 1.86. The fourth-order valence-corrected chi connectivity index (χ4v) is 2.95. The summed E-state index contributed by atoms with van der Waals surface area (Å²) in [5, 5.41) is 0. The average molecular weight is 333 g/mol. The van der Waals surface area contributed by atoms with Gasteiger partial charge in [0.15, 0.2) is 0 Å². The second-order valence-corrected chi connectivity index (χ2v) is 6.53. The van der Waals surface area contributed by atoms with Crippen molar-refractivity contribution in [2.24, 2.45) is 0 Å². The zero-order valence-corrected chi connectivity index (χ0v) is 15.5. The van der Waals surface area contributed by atoms with Crippen molar-refractivity contribution in [1.82, 2.24) is 14.7 Å². The number of piperazine rings is 1. The molecule has 1 aromatic rings. The number of rotatable bonds is 7. The van der Waals surface area contributed by atoms with Crippen molar-refractivity contribution < 1.29 is 9.53 Å². The van der Waals surface area contributed by atoms with E-state index in [9.17, 15) is 4.79 Å². The van der Waals surface area contributed by atoms with Gasteiger partial charge in [-0.1, -0.05) is 25.1 Å². The molecule has 134 valence electrons. The summed E-state index contributed by atoms with van der Waals surface area (Å²) in [5.41, 5.74) is 1.14. The second kappa shape index (κ2) is 9.04. The van der Waals surface area contributed by atoms with E-state index in [0.717, 1.165) is 50.6 Å². The molecule has 1 atom stereocenters. The highest BCUT2D eigenvalue weighted by Gasteiger charge is 2.26. The Morgan fingerprint density at radius 1 is 1.25 bits per heavy atom. The third-order valence-electron chi connectivity index (χ3n) is 4.94. The van der Waals surface area contributed by atoms with E-state index in [1.165, 1.54) is 0 Å². The van der Waals surface area contributed by atoms with Crippen LogP contribution in [-0.4, -0.2) is 79.6 Å². The zero-order valence-electron chi connectivity index (χ0n) is 15.5. The fourth-order valence-electron chi connectivity index (χ4n) is 2.95. The van der Waals surface area contributed by atoms with Gasteiger partial charge in [0.05, 0.1) is 6.04 Å². The molecular formula is C19H31N3O2. The Morgan fingerprint density at radius 3 is 2.54 bits per heavy atom. The zero-order chi connectivity index (χ0) is 17.5. The van der Waals surface area contributed by atoms with Gasteiger partial charge in [-0.15, -0.1) is 0 Å². The van der Waals surface area contributed by atoms with Crippen molar-refractivity contribution in [1.29, 1.82) is 0 Å². The van der Waals surface area contributed by atoms with Gasteiger partial charge < -0.3 is 14.5 Å². The molecule has 0 aromatic heterocycles. The lowest BCUT2D eigenvalue weighted by Crippen LogP contribution is -2.53. The summed E-state index contributed by atoms with van der Waals surface area (Å²) in [6.45, 7) is 12.2. The van der Waals surface area contributed by atoms with Crippen LogP contribution in [-0.2, 0) is 4.79 Å². The van der Waals surface area contributed by atoms with Gasteiger partial charge in [-0.25, -0.2) is 0 Å². The van der Waals surface area contributed by atoms with Crippen LogP contribution < -0.4 is 4.74 Å². The number of amides is 1. The first-order valence-corrected chi connectivity index (χ1v) is 8.92. The van der Waals surface area contributed by atoms with Crippen molar-refractivity contribution in [2.75, 3.05) is 52.9 Å². The molecule has 1 heterocycles. The van der Waals surface area contributed by atoms with Crippen LogP contribution in [0, 0.1) is 6.92 Å². The Bertz CT molecular complexity index is 527. The van der Waals surface area contributed by atoms with Crippen molar-refractivity contribution in [3.8, 4) is 5.75 Å². The van der Waals surface area contributed by atoms with Gasteiger partial charge in [-0.05, 0) is 39.1 Å². The third kappa shape index (κ3) is 4.95. The number of likely N-dealkylation sites (N-methyl/N-ethyl adjacent to an activating group) is 2. The standard InChI is InChI=1S/C19H31N3O2/c1-5-21-10-12-22(13-11-21)19(23)17(3)20(4)14-15-24-18-9-7-6-8-16(18)2/h6-9,17H,5,10-15H2,1-4H3. The minimum atomic E-state index is -0.112. The molecule has 0 saturated carbocycles. The number of para-hydroxylation sites is 1. The van der Waals surface area contributed by atoms with Crippen LogP contribution >= 0.6 is 0 Å². The summed E-state index contributed by atoms with van der Waals surface area (Å²) in [4.78, 5) is 19.1. The molecule has 1 fully saturated rings. The first-order chi connectivity index (χ1) is 11.5. The van der Waals surface area contributed by atoms with Crippen LogP contribution in [0.2, 0.25) is 0 Å².